The molecule has 0 spiro atoms. The van der Waals surface area contributed by atoms with Gasteiger partial charge in [-0.2, -0.15) is 0 Å². The van der Waals surface area contributed by atoms with Crippen molar-refractivity contribution >= 4 is 22.5 Å². The largest absolute Gasteiger partial charge is 0.497 e. The number of methoxy groups -OCH3 is 1. The number of aryl methyl sites for hydroxylation is 3. The van der Waals surface area contributed by atoms with Gasteiger partial charge in [0.25, 0.3) is 5.91 Å². The molecule has 4 aromatic rings. The zero-order valence-electron chi connectivity index (χ0n) is 18.5. The topological polar surface area (TPSA) is 51.2 Å². The third-order valence-corrected chi connectivity index (χ3v) is 5.55. The molecule has 1 N–H and O–H groups in total. The summed E-state index contributed by atoms with van der Waals surface area (Å²) in [6, 6.07) is 19.8. The number of pyridine rings is 1. The second-order valence-electron chi connectivity index (χ2n) is 7.99. The van der Waals surface area contributed by atoms with Gasteiger partial charge in [0.1, 0.15) is 5.75 Å². The number of hydrogen-bond acceptors (Lipinski definition) is 3. The summed E-state index contributed by atoms with van der Waals surface area (Å²) >= 11 is 0. The lowest BCUT2D eigenvalue weighted by Gasteiger charge is -2.17. The fourth-order valence-electron chi connectivity index (χ4n) is 3.99. The number of aromatic nitrogens is 1. The molecular formula is C27H26N2O2. The highest BCUT2D eigenvalue weighted by Gasteiger charge is 2.20. The Morgan fingerprint density at radius 2 is 1.65 bits per heavy atom. The van der Waals surface area contributed by atoms with Crippen molar-refractivity contribution in [1.29, 1.82) is 0 Å². The fourth-order valence-corrected chi connectivity index (χ4v) is 3.99. The Balaban J connectivity index is 1.92. The maximum absolute atomic E-state index is 13.5. The summed E-state index contributed by atoms with van der Waals surface area (Å²) in [6.07, 6.45) is 0. The van der Waals surface area contributed by atoms with Crippen molar-refractivity contribution in [3.63, 3.8) is 0 Å². The maximum atomic E-state index is 13.5. The van der Waals surface area contributed by atoms with Gasteiger partial charge in [0, 0.05) is 22.7 Å². The highest BCUT2D eigenvalue weighted by Crippen LogP contribution is 2.32. The van der Waals surface area contributed by atoms with Crippen LogP contribution in [-0.4, -0.2) is 18.0 Å². The van der Waals surface area contributed by atoms with E-state index in [4.69, 9.17) is 9.72 Å². The average molecular weight is 411 g/mol. The minimum Gasteiger partial charge on any atom is -0.497 e. The number of fused-ring (bicyclic) bond motifs is 1. The molecule has 3 aromatic carbocycles. The number of nitrogens with zero attached hydrogens (tertiary/aromatic N) is 1. The van der Waals surface area contributed by atoms with Crippen LogP contribution < -0.4 is 10.1 Å². The lowest BCUT2D eigenvalue weighted by Crippen LogP contribution is -2.15. The van der Waals surface area contributed by atoms with Gasteiger partial charge in [-0.1, -0.05) is 47.5 Å². The van der Waals surface area contributed by atoms with Gasteiger partial charge in [0.2, 0.25) is 0 Å². The van der Waals surface area contributed by atoms with E-state index >= 15 is 0 Å². The van der Waals surface area contributed by atoms with E-state index in [1.807, 2.05) is 51.1 Å². The van der Waals surface area contributed by atoms with Crippen molar-refractivity contribution < 1.29 is 9.53 Å². The van der Waals surface area contributed by atoms with Crippen LogP contribution in [0.4, 0.5) is 5.69 Å². The molecule has 1 amide bonds. The Morgan fingerprint density at radius 1 is 0.903 bits per heavy atom. The van der Waals surface area contributed by atoms with Crippen LogP contribution >= 0.6 is 0 Å². The number of benzene rings is 3. The van der Waals surface area contributed by atoms with E-state index in [9.17, 15) is 4.79 Å². The smallest absolute Gasteiger partial charge is 0.256 e. The molecule has 4 rings (SSSR count). The fraction of sp³-hybridized carbons (Fsp3) is 0.185. The standard InChI is InChI=1S/C27H26N2O2/c1-16-9-11-20(12-10-16)26-19(4)24(23-14-17(2)13-18(3)25(23)29-26)27(30)28-21-7-6-8-22(15-21)31-5/h6-15H,1-5H3,(H,28,30). The zero-order valence-corrected chi connectivity index (χ0v) is 18.5. The highest BCUT2D eigenvalue weighted by atomic mass is 16.5. The van der Waals surface area contributed by atoms with Crippen LogP contribution in [0.3, 0.4) is 0 Å². The monoisotopic (exact) mass is 410 g/mol. The van der Waals surface area contributed by atoms with Gasteiger partial charge >= 0.3 is 0 Å². The molecule has 4 heteroatoms. The first-order valence-corrected chi connectivity index (χ1v) is 10.3. The summed E-state index contributed by atoms with van der Waals surface area (Å²) in [6.45, 7) is 8.11. The predicted molar refractivity (Wildman–Crippen MR) is 127 cm³/mol. The molecule has 0 aliphatic heterocycles. The van der Waals surface area contributed by atoms with Crippen LogP contribution in [0.2, 0.25) is 0 Å². The van der Waals surface area contributed by atoms with Crippen molar-refractivity contribution in [2.24, 2.45) is 0 Å². The molecule has 0 aliphatic carbocycles. The Kier molecular flexibility index (Phi) is 5.47. The molecule has 0 unspecified atom stereocenters. The maximum Gasteiger partial charge on any atom is 0.256 e. The third-order valence-electron chi connectivity index (χ3n) is 5.55. The first kappa shape index (κ1) is 20.6. The Bertz CT molecular complexity index is 1290. The number of amides is 1. The van der Waals surface area contributed by atoms with E-state index in [1.54, 1.807) is 7.11 Å². The molecule has 1 heterocycles. The second kappa shape index (κ2) is 8.23. The summed E-state index contributed by atoms with van der Waals surface area (Å²) in [7, 11) is 1.61. The predicted octanol–water partition coefficient (Wildman–Crippen LogP) is 6.40. The van der Waals surface area contributed by atoms with E-state index < -0.39 is 0 Å². The van der Waals surface area contributed by atoms with Gasteiger partial charge in [-0.05, 0) is 57.0 Å². The Morgan fingerprint density at radius 3 is 2.35 bits per heavy atom. The number of rotatable bonds is 4. The van der Waals surface area contributed by atoms with Gasteiger partial charge in [-0.15, -0.1) is 0 Å². The number of carbonyl (C=O) groups excluding carboxylic acids is 1. The number of anilines is 1. The van der Waals surface area contributed by atoms with Crippen molar-refractivity contribution in [3.8, 4) is 17.0 Å². The minimum atomic E-state index is -0.156. The van der Waals surface area contributed by atoms with E-state index in [2.05, 4.69) is 42.6 Å². The van der Waals surface area contributed by atoms with Crippen LogP contribution in [0.15, 0.2) is 60.7 Å². The molecule has 156 valence electrons. The lowest BCUT2D eigenvalue weighted by molar-refractivity contribution is 0.102. The van der Waals surface area contributed by atoms with Gasteiger partial charge in [-0.3, -0.25) is 4.79 Å². The average Bonchev–Trinajstić information content (AvgIpc) is 2.74. The number of hydrogen-bond donors (Lipinski definition) is 1. The van der Waals surface area contributed by atoms with Crippen LogP contribution in [0.5, 0.6) is 5.75 Å². The van der Waals surface area contributed by atoms with Crippen LogP contribution in [0.1, 0.15) is 32.6 Å². The quantitative estimate of drug-likeness (QED) is 0.424. The Hall–Kier alpha value is -3.66. The van der Waals surface area contributed by atoms with E-state index in [-0.39, 0.29) is 5.91 Å². The van der Waals surface area contributed by atoms with Gasteiger partial charge < -0.3 is 10.1 Å². The third kappa shape index (κ3) is 4.02. The second-order valence-corrected chi connectivity index (χ2v) is 7.99. The van der Waals surface area contributed by atoms with Crippen molar-refractivity contribution in [1.82, 2.24) is 4.98 Å². The van der Waals surface area contributed by atoms with E-state index in [0.717, 1.165) is 38.9 Å². The molecule has 0 bridgehead atoms. The van der Waals surface area contributed by atoms with Gasteiger partial charge in [0.05, 0.1) is 23.9 Å². The number of ether oxygens (including phenoxy) is 1. The summed E-state index contributed by atoms with van der Waals surface area (Å²) < 4.78 is 5.29. The van der Waals surface area contributed by atoms with Gasteiger partial charge in [0.15, 0.2) is 0 Å². The first-order chi connectivity index (χ1) is 14.9. The summed E-state index contributed by atoms with van der Waals surface area (Å²) in [5.74, 6) is 0.539. The van der Waals surface area contributed by atoms with Crippen molar-refractivity contribution in [3.05, 3.63) is 88.5 Å². The van der Waals surface area contributed by atoms with E-state index in [0.29, 0.717) is 17.0 Å². The molecule has 4 nitrogen and oxygen atoms in total. The number of nitrogens with one attached hydrogen (secondary N) is 1. The molecule has 0 aliphatic rings. The Labute approximate surface area is 182 Å². The van der Waals surface area contributed by atoms with Gasteiger partial charge in [-0.25, -0.2) is 4.98 Å². The van der Waals surface area contributed by atoms with E-state index in [1.165, 1.54) is 5.56 Å². The number of carbonyl (C=O) groups is 1. The molecule has 31 heavy (non-hydrogen) atoms. The summed E-state index contributed by atoms with van der Waals surface area (Å²) in [4.78, 5) is 18.5. The molecule has 0 saturated carbocycles. The summed E-state index contributed by atoms with van der Waals surface area (Å²) in [5.41, 5.74) is 8.22. The van der Waals surface area contributed by atoms with Crippen LogP contribution in [0.25, 0.3) is 22.2 Å². The molecule has 0 radical (unpaired) electrons. The van der Waals surface area contributed by atoms with Crippen molar-refractivity contribution in [2.75, 3.05) is 12.4 Å². The molecule has 0 saturated heterocycles. The summed E-state index contributed by atoms with van der Waals surface area (Å²) in [5, 5.41) is 3.91. The normalized spacial score (nSPS) is 10.9. The zero-order chi connectivity index (χ0) is 22.1. The van der Waals surface area contributed by atoms with Crippen LogP contribution in [-0.2, 0) is 0 Å². The lowest BCUT2D eigenvalue weighted by atomic mass is 9.94. The minimum absolute atomic E-state index is 0.156. The molecule has 0 atom stereocenters. The van der Waals surface area contributed by atoms with Crippen molar-refractivity contribution in [2.45, 2.75) is 27.7 Å². The highest BCUT2D eigenvalue weighted by molar-refractivity contribution is 6.15. The van der Waals surface area contributed by atoms with Crippen LogP contribution in [0, 0.1) is 27.7 Å². The molecule has 1 aromatic heterocycles. The first-order valence-electron chi connectivity index (χ1n) is 10.3. The molecule has 0 fully saturated rings. The molecular weight excluding hydrogens is 384 g/mol. The SMILES string of the molecule is COc1cccc(NC(=O)c2c(C)c(-c3ccc(C)cc3)nc3c(C)cc(C)cc23)c1.